The minimum absolute atomic E-state index is 0.113. The first kappa shape index (κ1) is 29.2. The summed E-state index contributed by atoms with van der Waals surface area (Å²) in [6, 6.07) is 0. The van der Waals surface area contributed by atoms with Gasteiger partial charge in [0.25, 0.3) is 0 Å². The predicted octanol–water partition coefficient (Wildman–Crippen LogP) is 3.56. The van der Waals surface area contributed by atoms with Gasteiger partial charge in [0.05, 0.1) is 29.2 Å². The smallest absolute Gasteiger partial charge is 0.191 e. The summed E-state index contributed by atoms with van der Waals surface area (Å²) in [5.74, 6) is 0. The molecule has 0 bridgehead atoms. The molecule has 0 amide bonds. The van der Waals surface area contributed by atoms with Gasteiger partial charge < -0.3 is 24.1 Å². The Hall–Kier alpha value is 0.234. The Morgan fingerprint density at radius 1 is 0.690 bits per heavy atom. The minimum atomic E-state index is -0.801. The van der Waals surface area contributed by atoms with Crippen molar-refractivity contribution in [2.24, 2.45) is 5.73 Å². The molecule has 0 aromatic carbocycles. The monoisotopic (exact) mass is 449 g/mol. The van der Waals surface area contributed by atoms with Crippen molar-refractivity contribution in [3.05, 3.63) is 0 Å². The lowest BCUT2D eigenvalue weighted by molar-refractivity contribution is -0.0859. The molecule has 0 spiro atoms. The molecule has 0 aliphatic carbocycles. The van der Waals surface area contributed by atoms with E-state index in [1.54, 1.807) is 0 Å². The zero-order valence-electron chi connectivity index (χ0n) is 21.3. The maximum Gasteiger partial charge on any atom is 0.191 e. The summed E-state index contributed by atoms with van der Waals surface area (Å²) in [6.45, 7) is 23.2. The topological polar surface area (TPSA) is 62.9 Å². The Bertz CT molecular complexity index is 398. The highest BCUT2D eigenvalue weighted by atomic mass is 28.2. The lowest BCUT2D eigenvalue weighted by Gasteiger charge is -2.40. The van der Waals surface area contributed by atoms with Gasteiger partial charge in [-0.05, 0) is 75.2 Å². The highest BCUT2D eigenvalue weighted by Gasteiger charge is 2.37. The van der Waals surface area contributed by atoms with E-state index < -0.39 is 25.1 Å². The van der Waals surface area contributed by atoms with Gasteiger partial charge in [0.15, 0.2) is 19.5 Å². The van der Waals surface area contributed by atoms with Crippen molar-refractivity contribution in [2.75, 3.05) is 0 Å². The molecule has 0 aromatic heterocycles. The molecule has 0 heterocycles. The first-order valence-electron chi connectivity index (χ1n) is 11.5. The van der Waals surface area contributed by atoms with E-state index in [2.05, 4.69) is 69.2 Å². The van der Waals surface area contributed by atoms with E-state index >= 15 is 0 Å². The second-order valence-corrected chi connectivity index (χ2v) is 13.7. The van der Waals surface area contributed by atoms with Crippen LogP contribution in [0.2, 0.25) is 0 Å². The summed E-state index contributed by atoms with van der Waals surface area (Å²) in [4.78, 5) is 0. The zero-order chi connectivity index (χ0) is 22.9. The Morgan fingerprint density at radius 3 is 1.24 bits per heavy atom. The molecular weight excluding hydrogens is 398 g/mol. The highest BCUT2D eigenvalue weighted by molar-refractivity contribution is 6.29. The van der Waals surface area contributed by atoms with Gasteiger partial charge in [0, 0.05) is 11.2 Å². The molecule has 29 heavy (non-hydrogen) atoms. The first-order chi connectivity index (χ1) is 13.1. The van der Waals surface area contributed by atoms with Crippen molar-refractivity contribution >= 4 is 19.5 Å². The SMILES string of the molecule is CCCC(OC(C)C(C)(N)C(C)OC(CCC)[SiH2]OC(C)(C)C)[SiH2]OC(C)(C)C. The van der Waals surface area contributed by atoms with Gasteiger partial charge in [-0.25, -0.2) is 0 Å². The number of ether oxygens (including phenoxy) is 2. The third-order valence-corrected chi connectivity index (χ3v) is 9.18. The van der Waals surface area contributed by atoms with Crippen LogP contribution in [0.15, 0.2) is 0 Å². The van der Waals surface area contributed by atoms with Gasteiger partial charge in [-0.3, -0.25) is 0 Å². The van der Waals surface area contributed by atoms with E-state index in [4.69, 9.17) is 24.1 Å². The fraction of sp³-hybridized carbons (Fsp3) is 1.00. The molecule has 0 saturated carbocycles. The molecule has 0 aromatic rings. The molecule has 0 radical (unpaired) electrons. The minimum Gasteiger partial charge on any atom is -0.417 e. The quantitative estimate of drug-likeness (QED) is 0.411. The van der Waals surface area contributed by atoms with Gasteiger partial charge in [0.2, 0.25) is 0 Å². The van der Waals surface area contributed by atoms with Crippen LogP contribution in [0.5, 0.6) is 0 Å². The van der Waals surface area contributed by atoms with Crippen molar-refractivity contribution in [3.63, 3.8) is 0 Å². The molecule has 0 aliphatic rings. The summed E-state index contributed by atoms with van der Waals surface area (Å²) in [5, 5.41) is 0. The first-order valence-corrected chi connectivity index (χ1v) is 14.3. The average Bonchev–Trinajstić information content (AvgIpc) is 2.56. The molecule has 0 saturated heterocycles. The average molecular weight is 450 g/mol. The second kappa shape index (κ2) is 12.9. The van der Waals surface area contributed by atoms with Crippen molar-refractivity contribution in [2.45, 2.75) is 142 Å². The van der Waals surface area contributed by atoms with E-state index in [0.29, 0.717) is 0 Å². The van der Waals surface area contributed by atoms with E-state index in [-0.39, 0.29) is 34.9 Å². The largest absolute Gasteiger partial charge is 0.417 e. The lowest BCUT2D eigenvalue weighted by atomic mass is 9.91. The number of hydrogen-bond donors (Lipinski definition) is 1. The van der Waals surface area contributed by atoms with Gasteiger partial charge in [0.1, 0.15) is 0 Å². The third kappa shape index (κ3) is 13.3. The third-order valence-electron chi connectivity index (χ3n) is 5.17. The molecular formula is C22H51NO4Si2. The van der Waals surface area contributed by atoms with Crippen molar-refractivity contribution in [1.29, 1.82) is 0 Å². The summed E-state index contributed by atoms with van der Waals surface area (Å²) in [7, 11) is -1.60. The summed E-state index contributed by atoms with van der Waals surface area (Å²) >= 11 is 0. The van der Waals surface area contributed by atoms with Crippen LogP contribution >= 0.6 is 0 Å². The lowest BCUT2D eigenvalue weighted by Crippen LogP contribution is -2.59. The maximum atomic E-state index is 6.76. The van der Waals surface area contributed by atoms with E-state index in [1.165, 1.54) is 0 Å². The van der Waals surface area contributed by atoms with Crippen LogP contribution in [0.4, 0.5) is 0 Å². The molecule has 176 valence electrons. The van der Waals surface area contributed by atoms with Crippen molar-refractivity contribution < 1.29 is 18.3 Å². The standard InChI is InChI=1S/C22H51NO4Si2/c1-12-14-18(28-26-20(5,6)7)24-16(3)22(11,23)17(4)25-19(15-13-2)29-27-21(8,9)10/h16-19H,12-15,23,28-29H2,1-11H3. The molecule has 4 unspecified atom stereocenters. The molecule has 4 atom stereocenters. The fourth-order valence-electron chi connectivity index (χ4n) is 2.91. The van der Waals surface area contributed by atoms with Crippen LogP contribution in [0.3, 0.4) is 0 Å². The van der Waals surface area contributed by atoms with E-state index in [1.807, 2.05) is 6.92 Å². The summed E-state index contributed by atoms with van der Waals surface area (Å²) < 4.78 is 25.1. The molecule has 0 fully saturated rings. The normalized spacial score (nSPS) is 20.3. The molecule has 7 heteroatoms. The van der Waals surface area contributed by atoms with Crippen LogP contribution < -0.4 is 5.73 Å². The van der Waals surface area contributed by atoms with E-state index in [0.717, 1.165) is 25.7 Å². The van der Waals surface area contributed by atoms with Gasteiger partial charge in [-0.2, -0.15) is 0 Å². The van der Waals surface area contributed by atoms with Gasteiger partial charge >= 0.3 is 0 Å². The van der Waals surface area contributed by atoms with Crippen LogP contribution in [-0.4, -0.2) is 59.9 Å². The predicted molar refractivity (Wildman–Crippen MR) is 130 cm³/mol. The molecule has 5 nitrogen and oxygen atoms in total. The zero-order valence-corrected chi connectivity index (χ0v) is 24.1. The Morgan fingerprint density at radius 2 is 1.00 bits per heavy atom. The van der Waals surface area contributed by atoms with Gasteiger partial charge in [-0.1, -0.05) is 26.7 Å². The molecule has 2 N–H and O–H groups in total. The Kier molecular flexibility index (Phi) is 13.0. The van der Waals surface area contributed by atoms with Gasteiger partial charge in [-0.15, -0.1) is 0 Å². The van der Waals surface area contributed by atoms with Crippen molar-refractivity contribution in [3.8, 4) is 0 Å². The van der Waals surface area contributed by atoms with Crippen LogP contribution in [-0.2, 0) is 18.3 Å². The van der Waals surface area contributed by atoms with Crippen molar-refractivity contribution in [1.82, 2.24) is 0 Å². The number of rotatable bonds is 14. The Labute approximate surface area is 186 Å². The summed E-state index contributed by atoms with van der Waals surface area (Å²) in [6.07, 6.45) is 3.97. The Balaban J connectivity index is 4.95. The highest BCUT2D eigenvalue weighted by Crippen LogP contribution is 2.23. The van der Waals surface area contributed by atoms with E-state index in [9.17, 15) is 0 Å². The van der Waals surface area contributed by atoms with Crippen LogP contribution in [0.25, 0.3) is 0 Å². The number of nitrogens with two attached hydrogens (primary N) is 1. The molecule has 0 rings (SSSR count). The maximum absolute atomic E-state index is 6.76. The van der Waals surface area contributed by atoms with Crippen LogP contribution in [0.1, 0.15) is 102 Å². The second-order valence-electron chi connectivity index (χ2n) is 10.6. The number of hydrogen-bond acceptors (Lipinski definition) is 5. The fourth-order valence-corrected chi connectivity index (χ4v) is 6.17. The summed E-state index contributed by atoms with van der Waals surface area (Å²) in [5.41, 5.74) is 6.30. The van der Waals surface area contributed by atoms with Crippen LogP contribution in [0, 0.1) is 0 Å². The molecule has 0 aliphatic heterocycles.